The fraction of sp³-hybridized carbons (Fsp3) is 0.143. The van der Waals surface area contributed by atoms with Crippen LogP contribution in [0.1, 0.15) is 0 Å². The molecule has 0 unspecified atom stereocenters. The summed E-state index contributed by atoms with van der Waals surface area (Å²) in [6.07, 6.45) is 1.99. The van der Waals surface area contributed by atoms with Gasteiger partial charge in [-0.2, -0.15) is 0 Å². The van der Waals surface area contributed by atoms with E-state index in [0.29, 0.717) is 0 Å². The SMILES string of the molecule is CS(=O)(=O)c1ccc(S(=O)(=O)[O-])cc1.CS(=O)(=O)c1ccc(S(=O)(=O)[O-])cc1.[Cu+2]. The van der Waals surface area contributed by atoms with Crippen LogP contribution in [0.3, 0.4) is 0 Å². The normalized spacial score (nSPS) is 12.3. The van der Waals surface area contributed by atoms with Gasteiger partial charge in [0.05, 0.1) is 19.6 Å². The third-order valence-electron chi connectivity index (χ3n) is 3.08. The summed E-state index contributed by atoms with van der Waals surface area (Å²) in [5.74, 6) is 0. The van der Waals surface area contributed by atoms with Gasteiger partial charge in [-0.15, -0.1) is 0 Å². The van der Waals surface area contributed by atoms with E-state index in [4.69, 9.17) is 0 Å². The van der Waals surface area contributed by atoms with Crippen molar-refractivity contribution >= 4 is 39.9 Å². The molecule has 0 aliphatic carbocycles. The molecule has 0 atom stereocenters. The zero-order valence-electron chi connectivity index (χ0n) is 14.6. The topological polar surface area (TPSA) is 183 Å². The molecular weight excluding hydrogens is 520 g/mol. The first-order chi connectivity index (χ1) is 12.4. The van der Waals surface area contributed by atoms with Crippen molar-refractivity contribution in [3.8, 4) is 0 Å². The van der Waals surface area contributed by atoms with Crippen molar-refractivity contribution in [3.63, 3.8) is 0 Å². The molecule has 0 heterocycles. The van der Waals surface area contributed by atoms with Crippen molar-refractivity contribution in [1.82, 2.24) is 0 Å². The van der Waals surface area contributed by atoms with E-state index in [1.165, 1.54) is 0 Å². The van der Waals surface area contributed by atoms with Gasteiger partial charge in [0.25, 0.3) is 0 Å². The van der Waals surface area contributed by atoms with Crippen molar-refractivity contribution in [2.24, 2.45) is 0 Å². The van der Waals surface area contributed by atoms with Crippen LogP contribution in [-0.4, -0.2) is 55.3 Å². The molecule has 0 aromatic heterocycles. The van der Waals surface area contributed by atoms with Gasteiger partial charge >= 0.3 is 17.1 Å². The van der Waals surface area contributed by atoms with Crippen LogP contribution in [0.4, 0.5) is 0 Å². The van der Waals surface area contributed by atoms with Gasteiger partial charge in [0.15, 0.2) is 19.7 Å². The maximum absolute atomic E-state index is 11.0. The Morgan fingerprint density at radius 1 is 0.483 bits per heavy atom. The van der Waals surface area contributed by atoms with Crippen LogP contribution in [0.5, 0.6) is 0 Å². The third kappa shape index (κ3) is 8.92. The second-order valence-electron chi connectivity index (χ2n) is 5.40. The van der Waals surface area contributed by atoms with E-state index < -0.39 is 49.7 Å². The monoisotopic (exact) mass is 533 g/mol. The fourth-order valence-corrected chi connectivity index (χ4v) is 3.91. The molecule has 0 saturated heterocycles. The number of hydrogen-bond donors (Lipinski definition) is 0. The minimum atomic E-state index is -4.51. The van der Waals surface area contributed by atoms with E-state index in [2.05, 4.69) is 0 Å². The number of rotatable bonds is 4. The molecule has 2 aromatic carbocycles. The van der Waals surface area contributed by atoms with Crippen molar-refractivity contribution in [1.29, 1.82) is 0 Å². The van der Waals surface area contributed by atoms with Crippen LogP contribution in [0.25, 0.3) is 0 Å². The average Bonchev–Trinajstić information content (AvgIpc) is 2.52. The van der Waals surface area contributed by atoms with Gasteiger partial charge in [0, 0.05) is 12.5 Å². The van der Waals surface area contributed by atoms with Gasteiger partial charge in [-0.3, -0.25) is 0 Å². The molecule has 2 rings (SSSR count). The van der Waals surface area contributed by atoms with Crippen molar-refractivity contribution in [2.45, 2.75) is 19.6 Å². The van der Waals surface area contributed by atoms with E-state index in [0.717, 1.165) is 61.0 Å². The Morgan fingerprint density at radius 2 is 0.655 bits per heavy atom. The molecule has 29 heavy (non-hydrogen) atoms. The standard InChI is InChI=1S/2C7H8O5S2.Cu/c2*1-13(8,9)6-2-4-7(5-3-6)14(10,11)12;/h2*2-5H,1H3,(H,10,11,12);/q;;+2/p-2. The Bertz CT molecular complexity index is 1060. The predicted octanol–water partition coefficient (Wildman–Crippen LogP) is -0.0141. The molecule has 2 aromatic rings. The molecule has 0 N–H and O–H groups in total. The molecule has 0 bridgehead atoms. The van der Waals surface area contributed by atoms with Gasteiger partial charge < -0.3 is 9.11 Å². The first kappa shape index (κ1) is 27.7. The average molecular weight is 534 g/mol. The minimum Gasteiger partial charge on any atom is -0.744 e. The quantitative estimate of drug-likeness (QED) is 0.382. The van der Waals surface area contributed by atoms with Crippen LogP contribution < -0.4 is 0 Å². The van der Waals surface area contributed by atoms with E-state index in [1.54, 1.807) is 0 Å². The number of benzene rings is 2. The molecule has 0 saturated carbocycles. The first-order valence-corrected chi connectivity index (χ1v) is 13.5. The van der Waals surface area contributed by atoms with Crippen LogP contribution in [0.2, 0.25) is 0 Å². The molecule has 15 heteroatoms. The predicted molar refractivity (Wildman–Crippen MR) is 95.0 cm³/mol. The van der Waals surface area contributed by atoms with Gasteiger partial charge in [-0.25, -0.2) is 33.7 Å². The Morgan fingerprint density at radius 3 is 0.793 bits per heavy atom. The smallest absolute Gasteiger partial charge is 0.744 e. The Balaban J connectivity index is 0.000000523. The van der Waals surface area contributed by atoms with E-state index in [1.807, 2.05) is 0 Å². The van der Waals surface area contributed by atoms with Crippen LogP contribution in [-0.2, 0) is 57.0 Å². The third-order valence-corrected chi connectivity index (χ3v) is 7.04. The molecular formula is C14H14CuO10S4. The van der Waals surface area contributed by atoms with Gasteiger partial charge in [-0.1, -0.05) is 0 Å². The summed E-state index contributed by atoms with van der Waals surface area (Å²) < 4.78 is 107. The molecule has 0 spiro atoms. The first-order valence-electron chi connectivity index (χ1n) is 6.94. The van der Waals surface area contributed by atoms with Crippen molar-refractivity contribution in [3.05, 3.63) is 48.5 Å². The molecule has 0 fully saturated rings. The van der Waals surface area contributed by atoms with Gasteiger partial charge in [-0.05, 0) is 48.5 Å². The Kier molecular flexibility index (Phi) is 9.22. The molecule has 0 aliphatic rings. The van der Waals surface area contributed by atoms with E-state index >= 15 is 0 Å². The largest absolute Gasteiger partial charge is 2.00 e. The summed E-state index contributed by atoms with van der Waals surface area (Å²) in [4.78, 5) is -0.926. The van der Waals surface area contributed by atoms with Crippen LogP contribution >= 0.6 is 0 Å². The zero-order chi connectivity index (χ0) is 22.0. The zero-order valence-corrected chi connectivity index (χ0v) is 18.8. The number of sulfone groups is 2. The summed E-state index contributed by atoms with van der Waals surface area (Å²) in [6, 6.07) is 8.22. The van der Waals surface area contributed by atoms with Crippen LogP contribution in [0, 0.1) is 0 Å². The second-order valence-corrected chi connectivity index (χ2v) is 12.2. The van der Waals surface area contributed by atoms with Crippen LogP contribution in [0.15, 0.2) is 68.1 Å². The maximum Gasteiger partial charge on any atom is 2.00 e. The van der Waals surface area contributed by atoms with Crippen molar-refractivity contribution < 1.29 is 59.8 Å². The fourth-order valence-electron chi connectivity index (χ4n) is 1.71. The van der Waals surface area contributed by atoms with Crippen molar-refractivity contribution in [2.75, 3.05) is 12.5 Å². The molecule has 10 nitrogen and oxygen atoms in total. The maximum atomic E-state index is 11.0. The summed E-state index contributed by atoms with van der Waals surface area (Å²) in [5, 5.41) is 0. The molecule has 1 radical (unpaired) electrons. The van der Waals surface area contributed by atoms with Gasteiger partial charge in [0.2, 0.25) is 0 Å². The number of hydrogen-bond acceptors (Lipinski definition) is 10. The summed E-state index contributed by atoms with van der Waals surface area (Å²) >= 11 is 0. The molecule has 0 aliphatic heterocycles. The molecule has 165 valence electrons. The second kappa shape index (κ2) is 9.66. The summed E-state index contributed by atoms with van der Waals surface area (Å²) in [6.45, 7) is 0. The Hall–Kier alpha value is -1.32. The summed E-state index contributed by atoms with van der Waals surface area (Å²) in [5.41, 5.74) is 0. The summed E-state index contributed by atoms with van der Waals surface area (Å²) in [7, 11) is -15.7. The van der Waals surface area contributed by atoms with Gasteiger partial charge in [0.1, 0.15) is 20.2 Å². The van der Waals surface area contributed by atoms with E-state index in [9.17, 15) is 42.8 Å². The molecule has 0 amide bonds. The Labute approximate surface area is 179 Å². The van der Waals surface area contributed by atoms with E-state index in [-0.39, 0.29) is 26.9 Å². The minimum absolute atomic E-state index is 0.